The van der Waals surface area contributed by atoms with Gasteiger partial charge in [0, 0.05) is 41.7 Å². The summed E-state index contributed by atoms with van der Waals surface area (Å²) in [5.41, 5.74) is 1.38. The Balaban J connectivity index is 2.26. The molecule has 30 heavy (non-hydrogen) atoms. The molecule has 0 saturated heterocycles. The van der Waals surface area contributed by atoms with E-state index in [2.05, 4.69) is 21.2 Å². The third kappa shape index (κ3) is 4.35. The van der Waals surface area contributed by atoms with Crippen LogP contribution in [0.4, 0.5) is 10.1 Å². The Labute approximate surface area is 181 Å². The van der Waals surface area contributed by atoms with Gasteiger partial charge in [-0.3, -0.25) is 9.10 Å². The lowest BCUT2D eigenvalue weighted by Gasteiger charge is -2.23. The number of benzene rings is 2. The molecule has 0 radical (unpaired) electrons. The van der Waals surface area contributed by atoms with Gasteiger partial charge in [0.25, 0.3) is 5.91 Å². The van der Waals surface area contributed by atoms with Crippen LogP contribution in [0, 0.1) is 5.82 Å². The number of fused-ring (bicyclic) bond motifs is 1. The normalized spacial score (nSPS) is 11.6. The van der Waals surface area contributed by atoms with Gasteiger partial charge in [-0.15, -0.1) is 0 Å². The fourth-order valence-corrected chi connectivity index (χ4v) is 4.77. The highest BCUT2D eigenvalue weighted by Gasteiger charge is 2.26. The summed E-state index contributed by atoms with van der Waals surface area (Å²) >= 11 is 3.39. The Kier molecular flexibility index (Phi) is 6.49. The molecule has 0 bridgehead atoms. The summed E-state index contributed by atoms with van der Waals surface area (Å²) in [6.45, 7) is -0.0879. The van der Waals surface area contributed by atoms with Crippen LogP contribution in [0.2, 0.25) is 0 Å². The molecule has 0 aliphatic carbocycles. The largest absolute Gasteiger partial charge is 0.455 e. The van der Waals surface area contributed by atoms with Crippen molar-refractivity contribution in [3.05, 3.63) is 52.3 Å². The monoisotopic (exact) mass is 498 g/mol. The highest BCUT2D eigenvalue weighted by molar-refractivity contribution is 9.10. The summed E-state index contributed by atoms with van der Waals surface area (Å²) in [5, 5.41) is 12.2. The quantitative estimate of drug-likeness (QED) is 0.519. The highest BCUT2D eigenvalue weighted by atomic mass is 79.9. The molecule has 10 heteroatoms. The van der Waals surface area contributed by atoms with Crippen molar-refractivity contribution in [2.24, 2.45) is 0 Å². The summed E-state index contributed by atoms with van der Waals surface area (Å²) in [4.78, 5) is 12.6. The van der Waals surface area contributed by atoms with Gasteiger partial charge in [-0.2, -0.15) is 0 Å². The number of halogens is 2. The minimum atomic E-state index is -3.63. The van der Waals surface area contributed by atoms with Crippen LogP contribution in [-0.4, -0.2) is 45.9 Å². The molecule has 3 aromatic rings. The van der Waals surface area contributed by atoms with Gasteiger partial charge < -0.3 is 14.8 Å². The van der Waals surface area contributed by atoms with E-state index in [1.807, 2.05) is 0 Å². The molecule has 0 atom stereocenters. The molecule has 2 N–H and O–H groups in total. The van der Waals surface area contributed by atoms with Crippen LogP contribution < -0.4 is 9.62 Å². The zero-order valence-electron chi connectivity index (χ0n) is 16.3. The molecular weight excluding hydrogens is 479 g/mol. The number of anilines is 1. The number of aliphatic hydroxyl groups excluding tert-OH is 1. The zero-order chi connectivity index (χ0) is 22.1. The Morgan fingerprint density at radius 2 is 1.93 bits per heavy atom. The third-order valence-electron chi connectivity index (χ3n) is 4.51. The molecule has 160 valence electrons. The first-order chi connectivity index (χ1) is 14.2. The van der Waals surface area contributed by atoms with E-state index < -0.39 is 21.7 Å². The van der Waals surface area contributed by atoms with Crippen molar-refractivity contribution in [1.29, 1.82) is 0 Å². The molecule has 1 aromatic heterocycles. The van der Waals surface area contributed by atoms with E-state index in [1.165, 1.54) is 37.4 Å². The predicted molar refractivity (Wildman–Crippen MR) is 117 cm³/mol. The summed E-state index contributed by atoms with van der Waals surface area (Å²) in [6, 6.07) is 8.66. The van der Waals surface area contributed by atoms with Gasteiger partial charge in [-0.25, -0.2) is 12.8 Å². The Morgan fingerprint density at radius 3 is 2.50 bits per heavy atom. The number of hydrogen-bond acceptors (Lipinski definition) is 5. The summed E-state index contributed by atoms with van der Waals surface area (Å²) in [6.07, 6.45) is 1.32. The van der Waals surface area contributed by atoms with E-state index in [4.69, 9.17) is 9.52 Å². The molecule has 0 aliphatic rings. The van der Waals surface area contributed by atoms with Gasteiger partial charge >= 0.3 is 0 Å². The summed E-state index contributed by atoms with van der Waals surface area (Å²) in [7, 11) is -2.15. The second kappa shape index (κ2) is 8.75. The Bertz CT molecular complexity index is 1190. The first kappa shape index (κ1) is 22.3. The van der Waals surface area contributed by atoms with Gasteiger partial charge in [0.2, 0.25) is 10.0 Å². The van der Waals surface area contributed by atoms with Crippen LogP contribution in [0.1, 0.15) is 16.8 Å². The smallest absolute Gasteiger partial charge is 0.255 e. The second-order valence-corrected chi connectivity index (χ2v) is 9.37. The van der Waals surface area contributed by atoms with Gasteiger partial charge in [-0.05, 0) is 52.7 Å². The summed E-state index contributed by atoms with van der Waals surface area (Å²) < 4.78 is 45.5. The summed E-state index contributed by atoms with van der Waals surface area (Å²) in [5.74, 6) is -0.572. The van der Waals surface area contributed by atoms with Gasteiger partial charge in [-0.1, -0.05) is 0 Å². The molecule has 1 heterocycles. The fourth-order valence-electron chi connectivity index (χ4n) is 3.13. The number of nitrogens with zero attached hydrogens (tertiary/aromatic N) is 1. The number of rotatable bonds is 7. The maximum Gasteiger partial charge on any atom is 0.255 e. The number of nitrogens with one attached hydrogen (secondary N) is 1. The lowest BCUT2D eigenvalue weighted by Crippen LogP contribution is -2.31. The number of sulfonamides is 1. The van der Waals surface area contributed by atoms with Crippen LogP contribution in [-0.2, 0) is 10.0 Å². The molecule has 0 unspecified atom stereocenters. The maximum absolute atomic E-state index is 13.3. The van der Waals surface area contributed by atoms with E-state index in [0.29, 0.717) is 26.7 Å². The van der Waals surface area contributed by atoms with Crippen LogP contribution in [0.3, 0.4) is 0 Å². The molecule has 3 rings (SSSR count). The van der Waals surface area contributed by atoms with Crippen LogP contribution in [0.15, 0.2) is 45.3 Å². The third-order valence-corrected chi connectivity index (χ3v) is 6.32. The molecular formula is C20H20BrFN2O5S. The van der Waals surface area contributed by atoms with Crippen molar-refractivity contribution < 1.29 is 27.1 Å². The van der Waals surface area contributed by atoms with E-state index in [0.717, 1.165) is 10.6 Å². The molecule has 2 aromatic carbocycles. The average Bonchev–Trinajstić information content (AvgIpc) is 3.05. The second-order valence-electron chi connectivity index (χ2n) is 6.60. The lowest BCUT2D eigenvalue weighted by atomic mass is 10.0. The first-order valence-electron chi connectivity index (χ1n) is 9.00. The van der Waals surface area contributed by atoms with E-state index in [1.54, 1.807) is 6.07 Å². The van der Waals surface area contributed by atoms with E-state index in [9.17, 15) is 17.6 Å². The van der Waals surface area contributed by atoms with E-state index >= 15 is 0 Å². The Hall–Kier alpha value is -2.43. The van der Waals surface area contributed by atoms with Crippen molar-refractivity contribution in [2.45, 2.75) is 6.42 Å². The van der Waals surface area contributed by atoms with Crippen molar-refractivity contribution in [3.8, 4) is 11.3 Å². The van der Waals surface area contributed by atoms with Crippen LogP contribution in [0.25, 0.3) is 22.3 Å². The number of furan rings is 1. The van der Waals surface area contributed by atoms with Gasteiger partial charge in [0.05, 0.1) is 17.5 Å². The lowest BCUT2D eigenvalue weighted by molar-refractivity contribution is 0.0964. The molecule has 0 aliphatic heterocycles. The number of carbonyl (C=O) groups is 1. The predicted octanol–water partition coefficient (Wildman–Crippen LogP) is 3.51. The number of amides is 1. The minimum Gasteiger partial charge on any atom is -0.455 e. The molecule has 0 fully saturated rings. The van der Waals surface area contributed by atoms with Gasteiger partial charge in [0.15, 0.2) is 0 Å². The molecule has 0 spiro atoms. The van der Waals surface area contributed by atoms with Gasteiger partial charge in [0.1, 0.15) is 17.2 Å². The van der Waals surface area contributed by atoms with Crippen LogP contribution >= 0.6 is 15.9 Å². The molecule has 0 saturated carbocycles. The van der Waals surface area contributed by atoms with Crippen LogP contribution in [0.5, 0.6) is 0 Å². The Morgan fingerprint density at radius 1 is 1.27 bits per heavy atom. The SMILES string of the molecule is CNC(=O)c1c(-c2ccc(F)cc2)oc2cc(N(CCCO)S(C)(=O)=O)c(Br)cc12. The topological polar surface area (TPSA) is 99.8 Å². The van der Waals surface area contributed by atoms with Crippen molar-refractivity contribution in [2.75, 3.05) is 30.8 Å². The van der Waals surface area contributed by atoms with Crippen molar-refractivity contribution >= 4 is 48.5 Å². The number of aliphatic hydroxyl groups is 1. The van der Waals surface area contributed by atoms with Crippen molar-refractivity contribution in [3.63, 3.8) is 0 Å². The standard InChI is InChI=1S/C20H20BrFN2O5S/c1-23-20(26)18-14-10-15(21)16(24(8-3-9-25)30(2,27)28)11-17(14)29-19(18)12-4-6-13(22)7-5-12/h4-7,10-11,25H,3,8-9H2,1-2H3,(H,23,26). The fraction of sp³-hybridized carbons (Fsp3) is 0.250. The van der Waals surface area contributed by atoms with E-state index in [-0.39, 0.29) is 30.9 Å². The highest BCUT2D eigenvalue weighted by Crippen LogP contribution is 2.39. The minimum absolute atomic E-state index is 0.0767. The van der Waals surface area contributed by atoms with Crippen molar-refractivity contribution in [1.82, 2.24) is 5.32 Å². The number of hydrogen-bond donors (Lipinski definition) is 2. The first-order valence-corrected chi connectivity index (χ1v) is 11.6. The average molecular weight is 499 g/mol. The zero-order valence-corrected chi connectivity index (χ0v) is 18.7. The molecule has 1 amide bonds. The number of carbonyl (C=O) groups excluding carboxylic acids is 1. The maximum atomic E-state index is 13.3. The molecule has 7 nitrogen and oxygen atoms in total.